The molecule has 10 heteroatoms. The van der Waals surface area contributed by atoms with Gasteiger partial charge < -0.3 is 9.57 Å². The monoisotopic (exact) mass is 436 g/mol. The van der Waals surface area contributed by atoms with Gasteiger partial charge in [0.05, 0.1) is 34.9 Å². The molecule has 0 saturated carbocycles. The van der Waals surface area contributed by atoms with E-state index in [9.17, 15) is 13.2 Å². The third kappa shape index (κ3) is 5.87. The SMILES string of the molecule is CC(C)(C)C(=O)ON1CCC(OCc2cn(-c3ccc(S(C)(=O)=O)cc3)nn2)CC1. The minimum Gasteiger partial charge on any atom is -0.372 e. The van der Waals surface area contributed by atoms with Crippen LogP contribution in [0.3, 0.4) is 0 Å². The summed E-state index contributed by atoms with van der Waals surface area (Å²) in [5.74, 6) is -0.233. The molecule has 3 rings (SSSR count). The van der Waals surface area contributed by atoms with Crippen molar-refractivity contribution in [3.63, 3.8) is 0 Å². The molecule has 0 atom stereocenters. The van der Waals surface area contributed by atoms with Gasteiger partial charge in [-0.05, 0) is 57.9 Å². The molecular weight excluding hydrogens is 408 g/mol. The molecule has 0 bridgehead atoms. The van der Waals surface area contributed by atoms with Gasteiger partial charge in [0.15, 0.2) is 9.84 Å². The highest BCUT2D eigenvalue weighted by Crippen LogP contribution is 2.20. The van der Waals surface area contributed by atoms with Gasteiger partial charge in [-0.2, -0.15) is 0 Å². The van der Waals surface area contributed by atoms with Gasteiger partial charge in [0, 0.05) is 19.3 Å². The Morgan fingerprint density at radius 3 is 2.37 bits per heavy atom. The number of rotatable bonds is 6. The third-order valence-electron chi connectivity index (χ3n) is 4.76. The van der Waals surface area contributed by atoms with Gasteiger partial charge in [-0.1, -0.05) is 5.21 Å². The summed E-state index contributed by atoms with van der Waals surface area (Å²) < 4.78 is 30.6. The summed E-state index contributed by atoms with van der Waals surface area (Å²) in [6, 6.07) is 6.46. The number of hydrogen-bond donors (Lipinski definition) is 0. The number of aromatic nitrogens is 3. The topological polar surface area (TPSA) is 104 Å². The standard InChI is InChI=1S/C20H28N4O5S/c1-20(2,3)19(25)29-23-11-9-17(10-12-23)28-14-15-13-24(22-21-15)16-5-7-18(8-6-16)30(4,26)27/h5-8,13,17H,9-12,14H2,1-4H3. The van der Waals surface area contributed by atoms with Gasteiger partial charge in [-0.25, -0.2) is 17.9 Å². The summed E-state index contributed by atoms with van der Waals surface area (Å²) in [5.41, 5.74) is 0.878. The van der Waals surface area contributed by atoms with Crippen molar-refractivity contribution in [2.45, 2.75) is 51.2 Å². The largest absolute Gasteiger partial charge is 0.372 e. The predicted molar refractivity (Wildman–Crippen MR) is 109 cm³/mol. The van der Waals surface area contributed by atoms with E-state index in [1.54, 1.807) is 40.2 Å². The summed E-state index contributed by atoms with van der Waals surface area (Å²) >= 11 is 0. The van der Waals surface area contributed by atoms with Crippen molar-refractivity contribution >= 4 is 15.8 Å². The van der Waals surface area contributed by atoms with Crippen molar-refractivity contribution in [1.29, 1.82) is 0 Å². The minimum absolute atomic E-state index is 0.0637. The zero-order valence-corrected chi connectivity index (χ0v) is 18.6. The van der Waals surface area contributed by atoms with Gasteiger partial charge >= 0.3 is 5.97 Å². The summed E-state index contributed by atoms with van der Waals surface area (Å²) in [5, 5.41) is 9.90. The number of hydroxylamine groups is 2. The van der Waals surface area contributed by atoms with E-state index in [1.807, 2.05) is 20.8 Å². The molecule has 1 fully saturated rings. The molecular formula is C20H28N4O5S. The zero-order chi connectivity index (χ0) is 21.9. The molecule has 0 radical (unpaired) electrons. The molecule has 0 aliphatic carbocycles. The molecule has 1 aromatic heterocycles. The van der Waals surface area contributed by atoms with Crippen LogP contribution in [0.4, 0.5) is 0 Å². The number of carbonyl (C=O) groups excluding carboxylic acids is 1. The second-order valence-corrected chi connectivity index (χ2v) is 10.5. The Morgan fingerprint density at radius 1 is 1.17 bits per heavy atom. The van der Waals surface area contributed by atoms with Gasteiger partial charge in [0.25, 0.3) is 0 Å². The van der Waals surface area contributed by atoms with Crippen LogP contribution in [0, 0.1) is 5.41 Å². The first-order valence-electron chi connectivity index (χ1n) is 9.83. The van der Waals surface area contributed by atoms with E-state index in [1.165, 1.54) is 6.26 Å². The number of benzene rings is 1. The van der Waals surface area contributed by atoms with Crippen LogP contribution in [0.1, 0.15) is 39.3 Å². The van der Waals surface area contributed by atoms with Gasteiger partial charge in [0.1, 0.15) is 5.69 Å². The predicted octanol–water partition coefficient (Wildman–Crippen LogP) is 2.16. The fraction of sp³-hybridized carbons (Fsp3) is 0.550. The van der Waals surface area contributed by atoms with Crippen molar-refractivity contribution < 1.29 is 22.8 Å². The highest BCUT2D eigenvalue weighted by atomic mass is 32.2. The van der Waals surface area contributed by atoms with E-state index >= 15 is 0 Å². The molecule has 9 nitrogen and oxygen atoms in total. The highest BCUT2D eigenvalue weighted by molar-refractivity contribution is 7.90. The molecule has 1 aromatic carbocycles. The van der Waals surface area contributed by atoms with Crippen molar-refractivity contribution in [3.05, 3.63) is 36.2 Å². The molecule has 0 unspecified atom stereocenters. The number of nitrogens with zero attached hydrogens (tertiary/aromatic N) is 4. The lowest BCUT2D eigenvalue weighted by Gasteiger charge is -2.31. The molecule has 164 valence electrons. The minimum atomic E-state index is -3.23. The maximum Gasteiger partial charge on any atom is 0.330 e. The van der Waals surface area contributed by atoms with Gasteiger partial charge in [-0.15, -0.1) is 10.2 Å². The number of piperidine rings is 1. The number of sulfone groups is 1. The Kier molecular flexibility index (Phi) is 6.59. The second-order valence-electron chi connectivity index (χ2n) is 8.49. The molecule has 1 aliphatic heterocycles. The number of hydrogen-bond acceptors (Lipinski definition) is 8. The number of carbonyl (C=O) groups is 1. The van der Waals surface area contributed by atoms with Crippen LogP contribution in [-0.2, 0) is 30.8 Å². The van der Waals surface area contributed by atoms with E-state index in [4.69, 9.17) is 9.57 Å². The molecule has 0 amide bonds. The molecule has 0 N–H and O–H groups in total. The van der Waals surface area contributed by atoms with Crippen LogP contribution in [-0.4, -0.2) is 59.9 Å². The molecule has 30 heavy (non-hydrogen) atoms. The van der Waals surface area contributed by atoms with E-state index < -0.39 is 15.3 Å². The lowest BCUT2D eigenvalue weighted by atomic mass is 9.98. The molecule has 2 heterocycles. The summed E-state index contributed by atoms with van der Waals surface area (Å²) in [7, 11) is -3.23. The maximum atomic E-state index is 12.0. The first-order chi connectivity index (χ1) is 14.0. The summed E-state index contributed by atoms with van der Waals surface area (Å²) in [4.78, 5) is 17.7. The van der Waals surface area contributed by atoms with E-state index in [0.29, 0.717) is 25.4 Å². The van der Waals surface area contributed by atoms with Gasteiger partial charge in [0.2, 0.25) is 0 Å². The Bertz CT molecular complexity index is 971. The van der Waals surface area contributed by atoms with Crippen LogP contribution in [0.2, 0.25) is 0 Å². The lowest BCUT2D eigenvalue weighted by molar-refractivity contribution is -0.209. The molecule has 1 saturated heterocycles. The Balaban J connectivity index is 1.48. The fourth-order valence-electron chi connectivity index (χ4n) is 2.88. The Hall–Kier alpha value is -2.30. The smallest absolute Gasteiger partial charge is 0.330 e. The summed E-state index contributed by atoms with van der Waals surface area (Å²) in [6.45, 7) is 7.08. The first kappa shape index (κ1) is 22.4. The third-order valence-corrected chi connectivity index (χ3v) is 5.89. The van der Waals surface area contributed by atoms with Crippen LogP contribution in [0.5, 0.6) is 0 Å². The first-order valence-corrected chi connectivity index (χ1v) is 11.7. The summed E-state index contributed by atoms with van der Waals surface area (Å²) in [6.07, 6.45) is 4.52. The fourth-order valence-corrected chi connectivity index (χ4v) is 3.51. The van der Waals surface area contributed by atoms with Crippen LogP contribution < -0.4 is 0 Å². The molecule has 2 aromatic rings. The Morgan fingerprint density at radius 2 is 1.80 bits per heavy atom. The van der Waals surface area contributed by atoms with E-state index in [-0.39, 0.29) is 17.0 Å². The average molecular weight is 437 g/mol. The van der Waals surface area contributed by atoms with Crippen molar-refractivity contribution in [1.82, 2.24) is 20.1 Å². The maximum absolute atomic E-state index is 12.0. The van der Waals surface area contributed by atoms with Crippen LogP contribution >= 0.6 is 0 Å². The quantitative estimate of drug-likeness (QED) is 0.679. The average Bonchev–Trinajstić information content (AvgIpc) is 3.15. The normalized spacial score (nSPS) is 16.5. The van der Waals surface area contributed by atoms with Gasteiger partial charge in [-0.3, -0.25) is 0 Å². The molecule has 1 aliphatic rings. The van der Waals surface area contributed by atoms with Crippen LogP contribution in [0.15, 0.2) is 35.4 Å². The van der Waals surface area contributed by atoms with Crippen molar-refractivity contribution in [2.24, 2.45) is 5.41 Å². The van der Waals surface area contributed by atoms with Crippen LogP contribution in [0.25, 0.3) is 5.69 Å². The Labute approximate surface area is 176 Å². The molecule has 0 spiro atoms. The van der Waals surface area contributed by atoms with Crippen molar-refractivity contribution in [3.8, 4) is 5.69 Å². The number of ether oxygens (including phenoxy) is 1. The van der Waals surface area contributed by atoms with Crippen molar-refractivity contribution in [2.75, 3.05) is 19.3 Å². The zero-order valence-electron chi connectivity index (χ0n) is 17.7. The van der Waals surface area contributed by atoms with E-state index in [2.05, 4.69) is 10.3 Å². The van der Waals surface area contributed by atoms with E-state index in [0.717, 1.165) is 18.5 Å². The lowest BCUT2D eigenvalue weighted by Crippen LogP contribution is -2.40. The highest BCUT2D eigenvalue weighted by Gasteiger charge is 2.28. The second kappa shape index (κ2) is 8.83.